The van der Waals surface area contributed by atoms with Crippen molar-refractivity contribution in [1.82, 2.24) is 0 Å². The highest BCUT2D eigenvalue weighted by Crippen LogP contribution is 2.52. The normalized spacial score (nSPS) is 37.3. The smallest absolute Gasteiger partial charge is 0.335 e. The lowest BCUT2D eigenvalue weighted by Crippen LogP contribution is -2.61. The van der Waals surface area contributed by atoms with E-state index in [1.807, 2.05) is 0 Å². The van der Waals surface area contributed by atoms with Crippen LogP contribution in [0.4, 0.5) is 0 Å². The maximum Gasteiger partial charge on any atom is 0.335 e. The summed E-state index contributed by atoms with van der Waals surface area (Å²) in [6.45, 7) is -2.00. The topological polar surface area (TPSA) is 367 Å². The van der Waals surface area contributed by atoms with E-state index in [0.717, 1.165) is 6.07 Å². The van der Waals surface area contributed by atoms with Crippen LogP contribution in [0.1, 0.15) is 23.3 Å². The van der Waals surface area contributed by atoms with Crippen molar-refractivity contribution in [3.05, 3.63) is 51.7 Å². The summed E-state index contributed by atoms with van der Waals surface area (Å²) in [6.07, 6.45) is -31.8. The van der Waals surface area contributed by atoms with Crippen LogP contribution in [0.25, 0.3) is 22.3 Å². The van der Waals surface area contributed by atoms with Gasteiger partial charge >= 0.3 is 5.97 Å². The molecule has 0 radical (unpaired) electrons. The molecule has 54 heavy (non-hydrogen) atoms. The summed E-state index contributed by atoms with van der Waals surface area (Å²) in [5, 5.41) is 148. The highest BCUT2D eigenvalue weighted by molar-refractivity contribution is 5.92. The Hall–Kier alpha value is -4.04. The molecule has 0 bridgehead atoms. The molecule has 21 nitrogen and oxygen atoms in total. The Morgan fingerprint density at radius 3 is 1.78 bits per heavy atom. The Morgan fingerprint density at radius 2 is 1.24 bits per heavy atom. The van der Waals surface area contributed by atoms with E-state index in [9.17, 15) is 81.1 Å². The number of hydrogen-bond donors (Lipinski definition) is 14. The number of phenolic OH excluding ortho intramolecular Hbond substituents is 2. The molecule has 3 fully saturated rings. The van der Waals surface area contributed by atoms with Crippen molar-refractivity contribution in [2.75, 3.05) is 13.2 Å². The lowest BCUT2D eigenvalue weighted by Gasteiger charge is -2.44. The quantitative estimate of drug-likeness (QED) is 0.102. The van der Waals surface area contributed by atoms with E-state index in [1.54, 1.807) is 0 Å². The number of benzene rings is 2. The Labute approximate surface area is 301 Å². The van der Waals surface area contributed by atoms with Gasteiger partial charge in [0.05, 0.1) is 24.3 Å². The van der Waals surface area contributed by atoms with Crippen LogP contribution in [0, 0.1) is 0 Å². The second kappa shape index (κ2) is 15.2. The van der Waals surface area contributed by atoms with E-state index in [1.165, 1.54) is 24.3 Å². The number of carboxylic acids is 1. The van der Waals surface area contributed by atoms with Crippen molar-refractivity contribution in [2.45, 2.75) is 91.7 Å². The first-order valence-electron chi connectivity index (χ1n) is 16.4. The van der Waals surface area contributed by atoms with E-state index in [4.69, 9.17) is 23.4 Å². The number of aliphatic hydroxyl groups excluding tert-OH is 11. The van der Waals surface area contributed by atoms with Crippen molar-refractivity contribution in [3.63, 3.8) is 0 Å². The summed E-state index contributed by atoms with van der Waals surface area (Å²) in [6, 6.07) is 6.08. The van der Waals surface area contributed by atoms with Crippen LogP contribution in [0.5, 0.6) is 17.2 Å². The number of fused-ring (bicyclic) bond motifs is 1. The predicted molar refractivity (Wildman–Crippen MR) is 172 cm³/mol. The number of aromatic hydroxyl groups is 2. The van der Waals surface area contributed by atoms with Crippen molar-refractivity contribution < 1.29 is 99.7 Å². The molecule has 21 heteroatoms. The Morgan fingerprint density at radius 1 is 0.685 bits per heavy atom. The van der Waals surface area contributed by atoms with Gasteiger partial charge in [-0.2, -0.15) is 0 Å². The van der Waals surface area contributed by atoms with Crippen LogP contribution in [-0.4, -0.2) is 170 Å². The minimum atomic E-state index is -2.37. The summed E-state index contributed by atoms with van der Waals surface area (Å²) in [7, 11) is 0. The number of carboxylic acid groups (broad SMARTS) is 1. The molecule has 14 N–H and O–H groups in total. The first kappa shape index (κ1) is 39.6. The van der Waals surface area contributed by atoms with Gasteiger partial charge in [-0.1, -0.05) is 12.1 Å². The Balaban J connectivity index is 1.72. The van der Waals surface area contributed by atoms with Gasteiger partial charge in [0.25, 0.3) is 0 Å². The van der Waals surface area contributed by atoms with E-state index >= 15 is 0 Å². The lowest BCUT2D eigenvalue weighted by molar-refractivity contribution is -0.272. The Bertz CT molecular complexity index is 1910. The monoisotopic (exact) mass is 770 g/mol. The average molecular weight is 771 g/mol. The van der Waals surface area contributed by atoms with Gasteiger partial charge < -0.3 is 94.9 Å². The minimum Gasteiger partial charge on any atom is -0.508 e. The van der Waals surface area contributed by atoms with Crippen LogP contribution >= 0.6 is 0 Å². The highest BCUT2D eigenvalue weighted by atomic mass is 16.7. The second-order valence-electron chi connectivity index (χ2n) is 13.1. The number of hydrogen-bond acceptors (Lipinski definition) is 20. The van der Waals surface area contributed by atoms with Gasteiger partial charge in [0.2, 0.25) is 6.29 Å². The fraction of sp³-hybridized carbons (Fsp3) is 0.515. The lowest BCUT2D eigenvalue weighted by atomic mass is 9.85. The summed E-state index contributed by atoms with van der Waals surface area (Å²) >= 11 is 0. The zero-order valence-corrected chi connectivity index (χ0v) is 27.6. The van der Waals surface area contributed by atoms with Crippen molar-refractivity contribution >= 4 is 16.9 Å². The summed E-state index contributed by atoms with van der Waals surface area (Å²) in [5.74, 6) is -4.62. The molecule has 0 saturated carbocycles. The minimum absolute atomic E-state index is 0.0566. The predicted octanol–water partition coefficient (Wildman–Crippen LogP) is -4.83. The molecule has 6 rings (SSSR count). The van der Waals surface area contributed by atoms with Gasteiger partial charge in [0, 0.05) is 11.6 Å². The van der Waals surface area contributed by atoms with Crippen molar-refractivity contribution in [3.8, 4) is 28.6 Å². The van der Waals surface area contributed by atoms with Crippen LogP contribution in [0.2, 0.25) is 0 Å². The third-order valence-corrected chi connectivity index (χ3v) is 9.70. The number of phenols is 2. The van der Waals surface area contributed by atoms with Gasteiger partial charge in [0.15, 0.2) is 17.1 Å². The van der Waals surface area contributed by atoms with Crippen LogP contribution in [-0.2, 0) is 19.0 Å². The molecular weight excluding hydrogens is 732 g/mol. The Kier molecular flexibility index (Phi) is 11.2. The fourth-order valence-corrected chi connectivity index (χ4v) is 6.79. The molecule has 0 aliphatic carbocycles. The number of ether oxygens (including phenoxy) is 4. The number of carbonyl (C=O) groups is 1. The largest absolute Gasteiger partial charge is 0.508 e. The first-order chi connectivity index (χ1) is 25.5. The van der Waals surface area contributed by atoms with Gasteiger partial charge in [-0.3, -0.25) is 4.79 Å². The van der Waals surface area contributed by atoms with Crippen LogP contribution in [0.15, 0.2) is 39.5 Å². The molecule has 3 aliphatic rings. The molecule has 3 aromatic rings. The zero-order valence-electron chi connectivity index (χ0n) is 27.6. The maximum atomic E-state index is 14.0. The standard InChI is InChI=1S/C33H38O21/c34-6-12-17(38)20(41)23(44)29(51-12)15-19(40)14-10(37)5-11(8-2-1-3-9(36)4-8)50-27(14)16(30-24(45)21(42)18(39)13(7-35)52-30)28(15)53-33-26(47)22(43)25(46)31(54-33)32(48)49/h1-5,12-13,17-18,20-26,29-31,33-36,38-47H,6-7H2,(H,48,49). The second-order valence-corrected chi connectivity index (χ2v) is 13.1. The highest BCUT2D eigenvalue weighted by Gasteiger charge is 2.53. The fourth-order valence-electron chi connectivity index (χ4n) is 6.79. The molecule has 3 saturated heterocycles. The molecule has 2 aromatic carbocycles. The summed E-state index contributed by atoms with van der Waals surface area (Å²) in [5.41, 5.74) is -3.40. The van der Waals surface area contributed by atoms with Gasteiger partial charge in [-0.15, -0.1) is 0 Å². The molecule has 0 amide bonds. The first-order valence-corrected chi connectivity index (χ1v) is 16.4. The third kappa shape index (κ3) is 6.67. The molecule has 1 aromatic heterocycles. The molecular formula is C33H38O21. The van der Waals surface area contributed by atoms with E-state index in [2.05, 4.69) is 0 Å². The number of rotatable bonds is 8. The maximum absolute atomic E-state index is 14.0. The summed E-state index contributed by atoms with van der Waals surface area (Å²) in [4.78, 5) is 25.9. The SMILES string of the molecule is O=C(O)C1OC(Oc2c(C3OC(CO)C(O)C(O)C3O)c(O)c3c(=O)cc(-c4cccc(O)c4)oc3c2C2OC(CO)C(O)C(O)C2O)C(O)C(O)C1O. The molecule has 15 unspecified atom stereocenters. The molecule has 15 atom stereocenters. The zero-order chi connectivity index (χ0) is 39.5. The average Bonchev–Trinajstić information content (AvgIpc) is 3.14. The van der Waals surface area contributed by atoms with Gasteiger partial charge in [-0.05, 0) is 12.1 Å². The van der Waals surface area contributed by atoms with E-state index in [-0.39, 0.29) is 17.1 Å². The summed E-state index contributed by atoms with van der Waals surface area (Å²) < 4.78 is 28.7. The van der Waals surface area contributed by atoms with E-state index in [0.29, 0.717) is 0 Å². The van der Waals surface area contributed by atoms with Crippen molar-refractivity contribution in [2.24, 2.45) is 0 Å². The number of aliphatic carboxylic acids is 1. The van der Waals surface area contributed by atoms with Gasteiger partial charge in [0.1, 0.15) is 108 Å². The van der Waals surface area contributed by atoms with Crippen LogP contribution in [0.3, 0.4) is 0 Å². The molecule has 4 heterocycles. The third-order valence-electron chi connectivity index (χ3n) is 9.70. The van der Waals surface area contributed by atoms with Crippen molar-refractivity contribution in [1.29, 1.82) is 0 Å². The number of aliphatic hydroxyl groups is 11. The van der Waals surface area contributed by atoms with E-state index < -0.39 is 150 Å². The van der Waals surface area contributed by atoms with Crippen LogP contribution < -0.4 is 10.2 Å². The van der Waals surface area contributed by atoms with Gasteiger partial charge in [-0.25, -0.2) is 4.79 Å². The molecule has 296 valence electrons. The molecule has 3 aliphatic heterocycles. The molecule has 0 spiro atoms.